The summed E-state index contributed by atoms with van der Waals surface area (Å²) in [5.74, 6) is 0.222. The number of rotatable bonds is 5. The van der Waals surface area contributed by atoms with Crippen LogP contribution in [0.25, 0.3) is 10.8 Å². The third-order valence-corrected chi connectivity index (χ3v) is 4.98. The minimum atomic E-state index is -0.280. The molecule has 0 atom stereocenters. The molecule has 0 aliphatic heterocycles. The van der Waals surface area contributed by atoms with E-state index in [1.54, 1.807) is 12.1 Å². The number of hydrogen-bond acceptors (Lipinski definition) is 2. The molecule has 0 aliphatic carbocycles. The van der Waals surface area contributed by atoms with Crippen molar-refractivity contribution in [1.82, 2.24) is 5.32 Å². The predicted molar refractivity (Wildman–Crippen MR) is 117 cm³/mol. The quantitative estimate of drug-likeness (QED) is 0.427. The lowest BCUT2D eigenvalue weighted by molar-refractivity contribution is 0.252. The number of phenolic OH excluding ortho intramolecular Hbond substituents is 1. The zero-order valence-corrected chi connectivity index (χ0v) is 15.9. The fourth-order valence-electron chi connectivity index (χ4n) is 3.53. The predicted octanol–water partition coefficient (Wildman–Crippen LogP) is 5.50. The summed E-state index contributed by atoms with van der Waals surface area (Å²) in [6.45, 7) is 0.468. The molecule has 0 aliphatic rings. The van der Waals surface area contributed by atoms with Crippen LogP contribution in [0, 0.1) is 0 Å². The summed E-state index contributed by atoms with van der Waals surface area (Å²) < 4.78 is 0. The van der Waals surface area contributed by atoms with Gasteiger partial charge in [0.25, 0.3) is 0 Å². The van der Waals surface area contributed by atoms with E-state index in [9.17, 15) is 9.90 Å². The number of nitrogens with one attached hydrogen (secondary N) is 2. The SMILES string of the molecule is O=C(NCC(c1ccccc1)c1ccccc1)Nc1cccc2ccc(O)cc12. The average Bonchev–Trinajstić information content (AvgIpc) is 2.76. The lowest BCUT2D eigenvalue weighted by Gasteiger charge is -2.19. The summed E-state index contributed by atoms with van der Waals surface area (Å²) in [7, 11) is 0. The van der Waals surface area contributed by atoms with E-state index in [2.05, 4.69) is 34.9 Å². The van der Waals surface area contributed by atoms with Crippen molar-refractivity contribution in [3.05, 3.63) is 108 Å². The van der Waals surface area contributed by atoms with E-state index in [4.69, 9.17) is 0 Å². The maximum atomic E-state index is 12.6. The van der Waals surface area contributed by atoms with Gasteiger partial charge in [0.05, 0.1) is 5.69 Å². The lowest BCUT2D eigenvalue weighted by atomic mass is 9.91. The van der Waals surface area contributed by atoms with E-state index < -0.39 is 0 Å². The fraction of sp³-hybridized carbons (Fsp3) is 0.0800. The third-order valence-electron chi connectivity index (χ3n) is 4.98. The summed E-state index contributed by atoms with van der Waals surface area (Å²) in [5.41, 5.74) is 2.95. The van der Waals surface area contributed by atoms with Crippen LogP contribution in [0.2, 0.25) is 0 Å². The van der Waals surface area contributed by atoms with Crippen LogP contribution in [0.4, 0.5) is 10.5 Å². The van der Waals surface area contributed by atoms with Gasteiger partial charge in [-0.2, -0.15) is 0 Å². The highest BCUT2D eigenvalue weighted by Crippen LogP contribution is 2.27. The second kappa shape index (κ2) is 8.48. The van der Waals surface area contributed by atoms with E-state index in [0.717, 1.165) is 21.9 Å². The van der Waals surface area contributed by atoms with Crippen LogP contribution in [-0.2, 0) is 0 Å². The second-order valence-corrected chi connectivity index (χ2v) is 6.92. The van der Waals surface area contributed by atoms with E-state index in [-0.39, 0.29) is 17.7 Å². The first-order valence-electron chi connectivity index (χ1n) is 9.57. The van der Waals surface area contributed by atoms with E-state index in [1.807, 2.05) is 60.7 Å². The number of aromatic hydroxyl groups is 1. The standard InChI is InChI=1S/C25H22N2O2/c28-21-15-14-20-12-7-13-24(22(20)16-21)27-25(29)26-17-23(18-8-3-1-4-9-18)19-10-5-2-6-11-19/h1-16,23,28H,17H2,(H2,26,27,29). The summed E-state index contributed by atoms with van der Waals surface area (Å²) in [6, 6.07) is 30.8. The molecular weight excluding hydrogens is 360 g/mol. The first-order chi connectivity index (χ1) is 14.2. The molecule has 3 N–H and O–H groups in total. The number of hydrogen-bond donors (Lipinski definition) is 3. The first kappa shape index (κ1) is 18.6. The smallest absolute Gasteiger partial charge is 0.319 e. The number of carbonyl (C=O) groups excluding carboxylic acids is 1. The van der Waals surface area contributed by atoms with Crippen molar-refractivity contribution in [2.24, 2.45) is 0 Å². The molecule has 144 valence electrons. The van der Waals surface area contributed by atoms with Crippen LogP contribution in [0.1, 0.15) is 17.0 Å². The molecule has 4 heteroatoms. The van der Waals surface area contributed by atoms with Crippen LogP contribution in [0.5, 0.6) is 5.75 Å². The van der Waals surface area contributed by atoms with Gasteiger partial charge in [0.1, 0.15) is 5.75 Å². The fourth-order valence-corrected chi connectivity index (χ4v) is 3.53. The topological polar surface area (TPSA) is 61.4 Å². The Hall–Kier alpha value is -3.79. The molecule has 4 aromatic carbocycles. The Balaban J connectivity index is 1.51. The number of phenols is 1. The molecule has 0 unspecified atom stereocenters. The minimum Gasteiger partial charge on any atom is -0.508 e. The summed E-state index contributed by atoms with van der Waals surface area (Å²) in [4.78, 5) is 12.6. The molecule has 0 radical (unpaired) electrons. The molecule has 2 amide bonds. The summed E-state index contributed by atoms with van der Waals surface area (Å²) in [6.07, 6.45) is 0. The largest absolute Gasteiger partial charge is 0.508 e. The van der Waals surface area contributed by atoms with Crippen molar-refractivity contribution in [2.75, 3.05) is 11.9 Å². The second-order valence-electron chi connectivity index (χ2n) is 6.92. The molecule has 4 nitrogen and oxygen atoms in total. The number of fused-ring (bicyclic) bond motifs is 1. The molecule has 0 heterocycles. The Morgan fingerprint density at radius 3 is 2.10 bits per heavy atom. The number of benzene rings is 4. The van der Waals surface area contributed by atoms with Crippen LogP contribution in [0.3, 0.4) is 0 Å². The highest BCUT2D eigenvalue weighted by molar-refractivity contribution is 6.02. The molecule has 0 aromatic heterocycles. The Morgan fingerprint density at radius 2 is 1.45 bits per heavy atom. The van der Waals surface area contributed by atoms with E-state index in [1.165, 1.54) is 0 Å². The van der Waals surface area contributed by atoms with Gasteiger partial charge >= 0.3 is 6.03 Å². The van der Waals surface area contributed by atoms with Gasteiger partial charge < -0.3 is 15.7 Å². The van der Waals surface area contributed by atoms with Gasteiger partial charge in [-0.05, 0) is 34.7 Å². The van der Waals surface area contributed by atoms with Gasteiger partial charge in [-0.25, -0.2) is 4.79 Å². The van der Waals surface area contributed by atoms with Gasteiger partial charge in [0.2, 0.25) is 0 Å². The maximum Gasteiger partial charge on any atom is 0.319 e. The molecule has 0 saturated heterocycles. The molecule has 4 rings (SSSR count). The van der Waals surface area contributed by atoms with E-state index >= 15 is 0 Å². The number of urea groups is 1. The van der Waals surface area contributed by atoms with Crippen molar-refractivity contribution in [3.8, 4) is 5.75 Å². The Morgan fingerprint density at radius 1 is 0.793 bits per heavy atom. The zero-order chi connectivity index (χ0) is 20.1. The first-order valence-corrected chi connectivity index (χ1v) is 9.57. The molecule has 0 fully saturated rings. The monoisotopic (exact) mass is 382 g/mol. The Bertz CT molecular complexity index is 1070. The molecular formula is C25H22N2O2. The molecule has 29 heavy (non-hydrogen) atoms. The summed E-state index contributed by atoms with van der Waals surface area (Å²) in [5, 5.41) is 17.4. The van der Waals surface area contributed by atoms with Gasteiger partial charge in [0.15, 0.2) is 0 Å². The van der Waals surface area contributed by atoms with Crippen molar-refractivity contribution >= 4 is 22.5 Å². The number of amides is 2. The van der Waals surface area contributed by atoms with Crippen molar-refractivity contribution in [3.63, 3.8) is 0 Å². The summed E-state index contributed by atoms with van der Waals surface area (Å²) >= 11 is 0. The number of anilines is 1. The van der Waals surface area contributed by atoms with Crippen LogP contribution >= 0.6 is 0 Å². The van der Waals surface area contributed by atoms with Crippen molar-refractivity contribution in [2.45, 2.75) is 5.92 Å². The normalized spacial score (nSPS) is 10.8. The highest BCUT2D eigenvalue weighted by Gasteiger charge is 2.15. The maximum absolute atomic E-state index is 12.6. The molecule has 0 saturated carbocycles. The van der Waals surface area contributed by atoms with Crippen LogP contribution < -0.4 is 10.6 Å². The third kappa shape index (κ3) is 4.38. The Labute approximate surface area is 169 Å². The number of carbonyl (C=O) groups is 1. The minimum absolute atomic E-state index is 0.0553. The zero-order valence-electron chi connectivity index (χ0n) is 15.9. The molecule has 4 aromatic rings. The average molecular weight is 382 g/mol. The van der Waals surface area contributed by atoms with Gasteiger partial charge in [-0.15, -0.1) is 0 Å². The van der Waals surface area contributed by atoms with Gasteiger partial charge in [-0.3, -0.25) is 0 Å². The molecule has 0 spiro atoms. The van der Waals surface area contributed by atoms with Crippen molar-refractivity contribution < 1.29 is 9.90 Å². The van der Waals surface area contributed by atoms with Gasteiger partial charge in [-0.1, -0.05) is 78.9 Å². The highest BCUT2D eigenvalue weighted by atomic mass is 16.3. The van der Waals surface area contributed by atoms with E-state index in [0.29, 0.717) is 12.2 Å². The van der Waals surface area contributed by atoms with Crippen molar-refractivity contribution in [1.29, 1.82) is 0 Å². The van der Waals surface area contributed by atoms with Crippen LogP contribution in [-0.4, -0.2) is 17.7 Å². The van der Waals surface area contributed by atoms with Crippen LogP contribution in [0.15, 0.2) is 97.1 Å². The lowest BCUT2D eigenvalue weighted by Crippen LogP contribution is -2.32. The Kier molecular flexibility index (Phi) is 5.43. The molecule has 0 bridgehead atoms. The van der Waals surface area contributed by atoms with Gasteiger partial charge in [0, 0.05) is 17.8 Å².